The largest absolute Gasteiger partial charge is 0.481 e. The van der Waals surface area contributed by atoms with Crippen LogP contribution in [-0.4, -0.2) is 11.1 Å². The number of hydrogen-bond donors (Lipinski definition) is 1. The van der Waals surface area contributed by atoms with Crippen LogP contribution in [0.1, 0.15) is 91.4 Å². The van der Waals surface area contributed by atoms with Gasteiger partial charge in [0.05, 0.1) is 0 Å². The van der Waals surface area contributed by atoms with Crippen molar-refractivity contribution in [3.8, 4) is 0 Å². The van der Waals surface area contributed by atoms with Crippen molar-refractivity contribution in [1.82, 2.24) is 0 Å². The number of aliphatic carboxylic acids is 1. The van der Waals surface area contributed by atoms with E-state index in [2.05, 4.69) is 26.8 Å². The lowest BCUT2D eigenvalue weighted by atomic mass is 9.95. The van der Waals surface area contributed by atoms with E-state index in [4.69, 9.17) is 5.11 Å². The van der Waals surface area contributed by atoms with Crippen molar-refractivity contribution in [2.24, 2.45) is 5.92 Å². The fraction of sp³-hybridized carbons (Fsp3) is 0.833. The van der Waals surface area contributed by atoms with Crippen molar-refractivity contribution in [2.45, 2.75) is 91.4 Å². The predicted octanol–water partition coefficient (Wildman–Crippen LogP) is 5.96. The third-order valence-electron chi connectivity index (χ3n) is 3.92. The molecule has 1 N–H and O–H groups in total. The summed E-state index contributed by atoms with van der Waals surface area (Å²) < 4.78 is 0. The number of carboxylic acid groups (broad SMARTS) is 1. The van der Waals surface area contributed by atoms with Gasteiger partial charge in [0.25, 0.3) is 0 Å². The zero-order valence-corrected chi connectivity index (χ0v) is 13.8. The minimum atomic E-state index is -0.678. The summed E-state index contributed by atoms with van der Waals surface area (Å²) in [6, 6.07) is 0. The van der Waals surface area contributed by atoms with Crippen molar-refractivity contribution in [3.05, 3.63) is 11.6 Å². The second-order valence-electron chi connectivity index (χ2n) is 6.18. The quantitative estimate of drug-likeness (QED) is 0.334. The number of carboxylic acids is 1. The Morgan fingerprint density at radius 2 is 1.80 bits per heavy atom. The van der Waals surface area contributed by atoms with E-state index in [1.165, 1.54) is 50.5 Å². The Balaban J connectivity index is 3.54. The van der Waals surface area contributed by atoms with Crippen LogP contribution in [0.5, 0.6) is 0 Å². The van der Waals surface area contributed by atoms with Crippen molar-refractivity contribution in [1.29, 1.82) is 0 Å². The second-order valence-corrected chi connectivity index (χ2v) is 6.18. The molecule has 118 valence electrons. The summed E-state index contributed by atoms with van der Waals surface area (Å²) in [4.78, 5) is 10.4. The molecule has 20 heavy (non-hydrogen) atoms. The summed E-state index contributed by atoms with van der Waals surface area (Å²) in [5.41, 5.74) is 1.47. The molecule has 0 aliphatic carbocycles. The first kappa shape index (κ1) is 19.2. The summed E-state index contributed by atoms with van der Waals surface area (Å²) in [5, 5.41) is 8.56. The molecule has 1 unspecified atom stereocenters. The number of carbonyl (C=O) groups is 1. The highest BCUT2D eigenvalue weighted by Crippen LogP contribution is 2.18. The zero-order chi connectivity index (χ0) is 15.2. The van der Waals surface area contributed by atoms with Crippen LogP contribution in [0, 0.1) is 5.92 Å². The van der Waals surface area contributed by atoms with Crippen LogP contribution in [0.2, 0.25) is 0 Å². The van der Waals surface area contributed by atoms with Gasteiger partial charge < -0.3 is 5.11 Å². The number of hydrogen-bond acceptors (Lipinski definition) is 1. The lowest BCUT2D eigenvalue weighted by Gasteiger charge is -2.11. The van der Waals surface area contributed by atoms with Gasteiger partial charge in [-0.3, -0.25) is 4.79 Å². The van der Waals surface area contributed by atoms with Gasteiger partial charge in [-0.2, -0.15) is 0 Å². The summed E-state index contributed by atoms with van der Waals surface area (Å²) in [5.74, 6) is 0.157. The first-order valence-electron chi connectivity index (χ1n) is 8.43. The molecule has 2 nitrogen and oxygen atoms in total. The fourth-order valence-electron chi connectivity index (χ4n) is 2.41. The monoisotopic (exact) mass is 282 g/mol. The smallest absolute Gasteiger partial charge is 0.303 e. The lowest BCUT2D eigenvalue weighted by Crippen LogP contribution is -1.95. The summed E-state index contributed by atoms with van der Waals surface area (Å²) in [7, 11) is 0. The molecule has 0 rings (SSSR count). The van der Waals surface area contributed by atoms with Crippen LogP contribution >= 0.6 is 0 Å². The molecule has 0 radical (unpaired) electrons. The lowest BCUT2D eigenvalue weighted by molar-refractivity contribution is -0.137. The number of allylic oxidation sites excluding steroid dienone is 2. The van der Waals surface area contributed by atoms with Crippen molar-refractivity contribution in [3.63, 3.8) is 0 Å². The van der Waals surface area contributed by atoms with E-state index in [-0.39, 0.29) is 0 Å². The van der Waals surface area contributed by atoms with Crippen molar-refractivity contribution < 1.29 is 9.90 Å². The average molecular weight is 282 g/mol. The Morgan fingerprint density at radius 3 is 2.45 bits per heavy atom. The molecule has 0 heterocycles. The molecule has 0 bridgehead atoms. The van der Waals surface area contributed by atoms with E-state index in [0.717, 1.165) is 25.2 Å². The highest BCUT2D eigenvalue weighted by Gasteiger charge is 2.02. The maximum atomic E-state index is 10.4. The Bertz CT molecular complexity index is 269. The topological polar surface area (TPSA) is 37.3 Å². The Hall–Kier alpha value is -0.790. The average Bonchev–Trinajstić information content (AvgIpc) is 2.40. The highest BCUT2D eigenvalue weighted by molar-refractivity contribution is 5.66. The maximum absolute atomic E-state index is 10.4. The molecule has 0 saturated carbocycles. The summed E-state index contributed by atoms with van der Waals surface area (Å²) in [6.07, 6.45) is 14.8. The second kappa shape index (κ2) is 13.2. The third-order valence-corrected chi connectivity index (χ3v) is 3.92. The molecule has 0 aliphatic heterocycles. The molecule has 0 fully saturated rings. The molecule has 0 spiro atoms. The molecule has 0 aromatic carbocycles. The van der Waals surface area contributed by atoms with E-state index in [1.54, 1.807) is 0 Å². The number of unbranched alkanes of at least 4 members (excludes halogenated alkanes) is 5. The van der Waals surface area contributed by atoms with E-state index < -0.39 is 5.97 Å². The van der Waals surface area contributed by atoms with Gasteiger partial charge in [-0.15, -0.1) is 0 Å². The minimum Gasteiger partial charge on any atom is -0.481 e. The highest BCUT2D eigenvalue weighted by atomic mass is 16.4. The van der Waals surface area contributed by atoms with Gasteiger partial charge in [-0.25, -0.2) is 0 Å². The molecule has 1 atom stereocenters. The van der Waals surface area contributed by atoms with E-state index in [0.29, 0.717) is 6.42 Å². The summed E-state index contributed by atoms with van der Waals surface area (Å²) in [6.45, 7) is 6.83. The van der Waals surface area contributed by atoms with E-state index in [1.807, 2.05) is 0 Å². The van der Waals surface area contributed by atoms with Gasteiger partial charge in [0.15, 0.2) is 0 Å². The molecule has 0 aromatic rings. The van der Waals surface area contributed by atoms with Gasteiger partial charge in [0.1, 0.15) is 0 Å². The molecule has 2 heteroatoms. The standard InChI is InChI=1S/C18H34O2/c1-4-5-6-8-11-16(2)14-15-17(3)12-9-7-10-13-18(19)20/h12,16H,4-11,13-15H2,1-3H3,(H,19,20). The van der Waals surface area contributed by atoms with E-state index >= 15 is 0 Å². The van der Waals surface area contributed by atoms with Gasteiger partial charge in [0, 0.05) is 6.42 Å². The molecule has 0 saturated heterocycles. The zero-order valence-electron chi connectivity index (χ0n) is 13.8. The Labute approximate surface area is 125 Å². The third kappa shape index (κ3) is 13.6. The Kier molecular flexibility index (Phi) is 12.7. The molecule has 0 amide bonds. The SMILES string of the molecule is CCCCCCC(C)CCC(C)=CCCCCC(=O)O. The van der Waals surface area contributed by atoms with Crippen LogP contribution in [0.3, 0.4) is 0 Å². The molecular formula is C18H34O2. The van der Waals surface area contributed by atoms with Crippen LogP contribution in [0.15, 0.2) is 11.6 Å². The van der Waals surface area contributed by atoms with Crippen LogP contribution in [0.25, 0.3) is 0 Å². The normalized spacial score (nSPS) is 13.4. The van der Waals surface area contributed by atoms with Crippen molar-refractivity contribution in [2.75, 3.05) is 0 Å². The predicted molar refractivity (Wildman–Crippen MR) is 87.0 cm³/mol. The van der Waals surface area contributed by atoms with Gasteiger partial charge >= 0.3 is 5.97 Å². The van der Waals surface area contributed by atoms with E-state index in [9.17, 15) is 4.79 Å². The molecule has 0 aromatic heterocycles. The Morgan fingerprint density at radius 1 is 1.05 bits per heavy atom. The van der Waals surface area contributed by atoms with Gasteiger partial charge in [0.2, 0.25) is 0 Å². The first-order valence-corrected chi connectivity index (χ1v) is 8.43. The first-order chi connectivity index (χ1) is 9.56. The van der Waals surface area contributed by atoms with Gasteiger partial charge in [-0.05, 0) is 44.9 Å². The molecular weight excluding hydrogens is 248 g/mol. The van der Waals surface area contributed by atoms with Crippen LogP contribution in [0.4, 0.5) is 0 Å². The van der Waals surface area contributed by atoms with Gasteiger partial charge in [-0.1, -0.05) is 57.6 Å². The molecule has 0 aliphatic rings. The summed E-state index contributed by atoms with van der Waals surface area (Å²) >= 11 is 0. The van der Waals surface area contributed by atoms with Crippen LogP contribution in [-0.2, 0) is 4.79 Å². The van der Waals surface area contributed by atoms with Crippen LogP contribution < -0.4 is 0 Å². The minimum absolute atomic E-state index is 0.307. The van der Waals surface area contributed by atoms with Crippen molar-refractivity contribution >= 4 is 5.97 Å². The fourth-order valence-corrected chi connectivity index (χ4v) is 2.41. The maximum Gasteiger partial charge on any atom is 0.303 e. The number of rotatable bonds is 13.